The second-order valence-corrected chi connectivity index (χ2v) is 5.86. The predicted molar refractivity (Wildman–Crippen MR) is 80.9 cm³/mol. The van der Waals surface area contributed by atoms with E-state index >= 15 is 0 Å². The molecule has 1 unspecified atom stereocenters. The molecule has 0 aliphatic carbocycles. The average Bonchev–Trinajstić information content (AvgIpc) is 2.43. The summed E-state index contributed by atoms with van der Waals surface area (Å²) in [6, 6.07) is 4.24. The quantitative estimate of drug-likeness (QED) is 0.925. The number of hydrogen-bond donors (Lipinski definition) is 1. The van der Waals surface area contributed by atoms with Crippen LogP contribution in [-0.2, 0) is 6.54 Å². The summed E-state index contributed by atoms with van der Waals surface area (Å²) in [4.78, 5) is 4.48. The van der Waals surface area contributed by atoms with E-state index < -0.39 is 0 Å². The van der Waals surface area contributed by atoms with Crippen molar-refractivity contribution in [3.8, 4) is 0 Å². The summed E-state index contributed by atoms with van der Waals surface area (Å²) in [5.41, 5.74) is 7.08. The maximum Gasteiger partial charge on any atom is 0.160 e. The van der Waals surface area contributed by atoms with E-state index in [4.69, 9.17) is 5.73 Å². The number of benzene rings is 1. The standard InChI is InChI=1S/C14H21BrFN3/c1-3-11-9-19(7-6-18(11)2)12-5-4-10(8-17)13(15)14(12)16/h4-5,11H,3,6-9,17H2,1-2H3. The Hall–Kier alpha value is -0.650. The number of hydrogen-bond acceptors (Lipinski definition) is 3. The highest BCUT2D eigenvalue weighted by Gasteiger charge is 2.25. The van der Waals surface area contributed by atoms with Crippen LogP contribution in [0.15, 0.2) is 16.6 Å². The number of halogens is 2. The second-order valence-electron chi connectivity index (χ2n) is 5.06. The Morgan fingerprint density at radius 2 is 2.16 bits per heavy atom. The molecule has 1 aliphatic heterocycles. The third-order valence-electron chi connectivity index (χ3n) is 3.95. The summed E-state index contributed by atoms with van der Waals surface area (Å²) < 4.78 is 14.9. The topological polar surface area (TPSA) is 32.5 Å². The van der Waals surface area contributed by atoms with Crippen LogP contribution in [0.2, 0.25) is 0 Å². The predicted octanol–water partition coefficient (Wildman–Crippen LogP) is 2.58. The smallest absolute Gasteiger partial charge is 0.160 e. The lowest BCUT2D eigenvalue weighted by Gasteiger charge is -2.40. The Kier molecular flexibility index (Phi) is 4.81. The van der Waals surface area contributed by atoms with Crippen LogP contribution in [-0.4, -0.2) is 37.6 Å². The van der Waals surface area contributed by atoms with Crippen molar-refractivity contribution >= 4 is 21.6 Å². The fourth-order valence-corrected chi connectivity index (χ4v) is 3.08. The molecule has 0 radical (unpaired) electrons. The van der Waals surface area contributed by atoms with Crippen LogP contribution in [0.3, 0.4) is 0 Å². The van der Waals surface area contributed by atoms with Crippen molar-refractivity contribution in [2.75, 3.05) is 31.6 Å². The normalized spacial score (nSPS) is 20.9. The number of rotatable bonds is 3. The van der Waals surface area contributed by atoms with Crippen molar-refractivity contribution in [1.29, 1.82) is 0 Å². The van der Waals surface area contributed by atoms with E-state index in [1.54, 1.807) is 0 Å². The van der Waals surface area contributed by atoms with Crippen molar-refractivity contribution < 1.29 is 4.39 Å². The fraction of sp³-hybridized carbons (Fsp3) is 0.571. The van der Waals surface area contributed by atoms with E-state index in [-0.39, 0.29) is 5.82 Å². The van der Waals surface area contributed by atoms with Crippen LogP contribution in [0.5, 0.6) is 0 Å². The van der Waals surface area contributed by atoms with Gasteiger partial charge in [-0.15, -0.1) is 0 Å². The zero-order valence-corrected chi connectivity index (χ0v) is 13.1. The third kappa shape index (κ3) is 2.93. The number of likely N-dealkylation sites (N-methyl/N-ethyl adjacent to an activating group) is 1. The van der Waals surface area contributed by atoms with Gasteiger partial charge in [0.1, 0.15) is 0 Å². The SMILES string of the molecule is CCC1CN(c2ccc(CN)c(Br)c2F)CCN1C. The first-order chi connectivity index (χ1) is 9.08. The van der Waals surface area contributed by atoms with E-state index in [0.29, 0.717) is 22.7 Å². The van der Waals surface area contributed by atoms with E-state index in [1.807, 2.05) is 12.1 Å². The number of nitrogens with two attached hydrogens (primary N) is 1. The average molecular weight is 330 g/mol. The minimum atomic E-state index is -0.192. The first-order valence-corrected chi connectivity index (χ1v) is 7.49. The maximum absolute atomic E-state index is 14.4. The van der Waals surface area contributed by atoms with Crippen LogP contribution >= 0.6 is 15.9 Å². The van der Waals surface area contributed by atoms with Gasteiger partial charge in [-0.3, -0.25) is 4.90 Å². The Bertz CT molecular complexity index is 453. The molecule has 1 fully saturated rings. The van der Waals surface area contributed by atoms with Crippen LogP contribution in [0.4, 0.5) is 10.1 Å². The van der Waals surface area contributed by atoms with E-state index in [1.165, 1.54) is 0 Å². The zero-order valence-electron chi connectivity index (χ0n) is 11.5. The summed E-state index contributed by atoms with van der Waals surface area (Å²) >= 11 is 3.31. The molecule has 1 aromatic rings. The van der Waals surface area contributed by atoms with Crippen molar-refractivity contribution in [3.05, 3.63) is 28.0 Å². The summed E-state index contributed by atoms with van der Waals surface area (Å²) in [6.45, 7) is 5.22. The highest BCUT2D eigenvalue weighted by Crippen LogP contribution is 2.30. The molecule has 1 aromatic carbocycles. The highest BCUT2D eigenvalue weighted by molar-refractivity contribution is 9.10. The minimum absolute atomic E-state index is 0.192. The van der Waals surface area contributed by atoms with Gasteiger partial charge in [0.25, 0.3) is 0 Å². The Morgan fingerprint density at radius 3 is 2.79 bits per heavy atom. The third-order valence-corrected chi connectivity index (χ3v) is 4.81. The van der Waals surface area contributed by atoms with E-state index in [9.17, 15) is 4.39 Å². The number of nitrogens with zero attached hydrogens (tertiary/aromatic N) is 2. The van der Waals surface area contributed by atoms with Gasteiger partial charge in [-0.05, 0) is 41.0 Å². The molecule has 0 aromatic heterocycles. The van der Waals surface area contributed by atoms with Crippen molar-refractivity contribution in [2.24, 2.45) is 5.73 Å². The Balaban J connectivity index is 2.25. The molecule has 1 saturated heterocycles. The van der Waals surface area contributed by atoms with Crippen molar-refractivity contribution in [1.82, 2.24) is 4.90 Å². The molecule has 2 N–H and O–H groups in total. The number of anilines is 1. The van der Waals surface area contributed by atoms with Crippen LogP contribution in [0.25, 0.3) is 0 Å². The van der Waals surface area contributed by atoms with Gasteiger partial charge in [-0.1, -0.05) is 13.0 Å². The molecule has 106 valence electrons. The summed E-state index contributed by atoms with van der Waals surface area (Å²) in [5.74, 6) is -0.192. The van der Waals surface area contributed by atoms with E-state index in [0.717, 1.165) is 31.6 Å². The van der Waals surface area contributed by atoms with Crippen molar-refractivity contribution in [2.45, 2.75) is 25.9 Å². The van der Waals surface area contributed by atoms with Gasteiger partial charge >= 0.3 is 0 Å². The molecule has 0 bridgehead atoms. The van der Waals surface area contributed by atoms with E-state index in [2.05, 4.69) is 39.7 Å². The molecular formula is C14H21BrFN3. The van der Waals surface area contributed by atoms with Gasteiger partial charge in [0.05, 0.1) is 10.2 Å². The molecule has 2 rings (SSSR count). The minimum Gasteiger partial charge on any atom is -0.366 e. The molecule has 0 spiro atoms. The molecule has 1 atom stereocenters. The van der Waals surface area contributed by atoms with Gasteiger partial charge < -0.3 is 10.6 Å². The van der Waals surface area contributed by atoms with Gasteiger partial charge in [-0.2, -0.15) is 0 Å². The number of piperazine rings is 1. The second kappa shape index (κ2) is 6.20. The molecule has 0 amide bonds. The molecule has 5 heteroatoms. The lowest BCUT2D eigenvalue weighted by molar-refractivity contribution is 0.213. The Morgan fingerprint density at radius 1 is 1.42 bits per heavy atom. The summed E-state index contributed by atoms with van der Waals surface area (Å²) in [5, 5.41) is 0. The maximum atomic E-state index is 14.4. The van der Waals surface area contributed by atoms with Crippen molar-refractivity contribution in [3.63, 3.8) is 0 Å². The Labute approximate surface area is 122 Å². The first-order valence-electron chi connectivity index (χ1n) is 6.70. The first kappa shape index (κ1) is 14.8. The lowest BCUT2D eigenvalue weighted by atomic mass is 10.1. The summed E-state index contributed by atoms with van der Waals surface area (Å²) in [7, 11) is 2.13. The zero-order chi connectivity index (χ0) is 14.0. The molecular weight excluding hydrogens is 309 g/mol. The fourth-order valence-electron chi connectivity index (χ4n) is 2.59. The highest BCUT2D eigenvalue weighted by atomic mass is 79.9. The summed E-state index contributed by atoms with van der Waals surface area (Å²) in [6.07, 6.45) is 1.08. The van der Waals surface area contributed by atoms with Crippen LogP contribution in [0.1, 0.15) is 18.9 Å². The molecule has 3 nitrogen and oxygen atoms in total. The molecule has 0 saturated carbocycles. The van der Waals surface area contributed by atoms with Crippen LogP contribution < -0.4 is 10.6 Å². The molecule has 1 heterocycles. The lowest BCUT2D eigenvalue weighted by Crippen LogP contribution is -2.51. The van der Waals surface area contributed by atoms with Crippen LogP contribution in [0, 0.1) is 5.82 Å². The molecule has 1 aliphatic rings. The monoisotopic (exact) mass is 329 g/mol. The van der Waals surface area contributed by atoms with Gasteiger partial charge in [0, 0.05) is 32.2 Å². The van der Waals surface area contributed by atoms with Gasteiger partial charge in [0.2, 0.25) is 0 Å². The van der Waals surface area contributed by atoms with Gasteiger partial charge in [0.15, 0.2) is 5.82 Å². The van der Waals surface area contributed by atoms with Gasteiger partial charge in [-0.25, -0.2) is 4.39 Å². The molecule has 19 heavy (non-hydrogen) atoms. The largest absolute Gasteiger partial charge is 0.366 e.